The van der Waals surface area contributed by atoms with Crippen LogP contribution in [0.1, 0.15) is 32.6 Å². The quantitative estimate of drug-likeness (QED) is 0.717. The summed E-state index contributed by atoms with van der Waals surface area (Å²) in [6.45, 7) is 1.17. The lowest BCUT2D eigenvalue weighted by atomic mass is 9.92. The topological polar surface area (TPSA) is 75.6 Å². The first-order valence-corrected chi connectivity index (χ1v) is 5.20. The van der Waals surface area contributed by atoms with E-state index in [4.69, 9.17) is 9.84 Å². The summed E-state index contributed by atoms with van der Waals surface area (Å²) in [5, 5.41) is 11.3. The second-order valence-electron chi connectivity index (χ2n) is 3.83. The zero-order chi connectivity index (χ0) is 11.3. The number of aliphatic carboxylic acids is 1. The molecule has 1 amide bonds. The van der Waals surface area contributed by atoms with E-state index in [9.17, 15) is 9.59 Å². The first-order valence-electron chi connectivity index (χ1n) is 5.20. The van der Waals surface area contributed by atoms with Gasteiger partial charge in [0.15, 0.2) is 0 Å². The highest BCUT2D eigenvalue weighted by Gasteiger charge is 2.26. The molecule has 1 fully saturated rings. The van der Waals surface area contributed by atoms with Gasteiger partial charge in [0.2, 0.25) is 5.91 Å². The van der Waals surface area contributed by atoms with E-state index in [0.29, 0.717) is 0 Å². The van der Waals surface area contributed by atoms with Crippen LogP contribution in [-0.2, 0) is 14.3 Å². The second kappa shape index (κ2) is 5.70. The molecule has 0 aromatic rings. The molecule has 5 heteroatoms. The van der Waals surface area contributed by atoms with Gasteiger partial charge in [-0.1, -0.05) is 12.8 Å². The molecular formula is C10H17NO4. The van der Waals surface area contributed by atoms with Crippen LogP contribution < -0.4 is 5.32 Å². The maximum absolute atomic E-state index is 10.9. The number of ether oxygens (including phenoxy) is 1. The normalized spacial score (nSPS) is 25.9. The number of rotatable bonds is 4. The van der Waals surface area contributed by atoms with Crippen molar-refractivity contribution in [3.8, 4) is 0 Å². The zero-order valence-electron chi connectivity index (χ0n) is 8.86. The first-order chi connectivity index (χ1) is 7.09. The van der Waals surface area contributed by atoms with Crippen molar-refractivity contribution in [2.24, 2.45) is 0 Å². The molecule has 1 rings (SSSR count). The number of carboxylic acid groups (broad SMARTS) is 1. The van der Waals surface area contributed by atoms with Crippen LogP contribution in [0.25, 0.3) is 0 Å². The van der Waals surface area contributed by atoms with Crippen LogP contribution in [-0.4, -0.2) is 35.7 Å². The minimum Gasteiger partial charge on any atom is -0.480 e. The van der Waals surface area contributed by atoms with E-state index in [-0.39, 0.29) is 24.7 Å². The Hall–Kier alpha value is -1.10. The maximum Gasteiger partial charge on any atom is 0.329 e. The minimum absolute atomic E-state index is 0.0319. The Morgan fingerprint density at radius 1 is 1.40 bits per heavy atom. The average Bonchev–Trinajstić information content (AvgIpc) is 2.15. The predicted molar refractivity (Wildman–Crippen MR) is 53.4 cm³/mol. The fraction of sp³-hybridized carbons (Fsp3) is 0.800. The molecule has 2 N–H and O–H groups in total. The molecule has 5 nitrogen and oxygen atoms in total. The van der Waals surface area contributed by atoms with Crippen LogP contribution in [0.3, 0.4) is 0 Å². The molecule has 86 valence electrons. The van der Waals surface area contributed by atoms with Crippen molar-refractivity contribution in [2.45, 2.75) is 44.8 Å². The largest absolute Gasteiger partial charge is 0.480 e. The summed E-state index contributed by atoms with van der Waals surface area (Å²) in [6.07, 6.45) is 3.61. The Bertz CT molecular complexity index is 242. The van der Waals surface area contributed by atoms with Crippen LogP contribution in [0.5, 0.6) is 0 Å². The van der Waals surface area contributed by atoms with Crippen molar-refractivity contribution < 1.29 is 19.4 Å². The number of carbonyl (C=O) groups is 2. The molecule has 0 radical (unpaired) electrons. The van der Waals surface area contributed by atoms with Gasteiger partial charge < -0.3 is 15.2 Å². The van der Waals surface area contributed by atoms with Gasteiger partial charge in [0, 0.05) is 6.92 Å². The highest BCUT2D eigenvalue weighted by molar-refractivity contribution is 5.73. The van der Waals surface area contributed by atoms with Gasteiger partial charge in [-0.2, -0.15) is 0 Å². The van der Waals surface area contributed by atoms with Crippen LogP contribution in [0.2, 0.25) is 0 Å². The summed E-state index contributed by atoms with van der Waals surface area (Å²) in [5.74, 6) is -1.06. The van der Waals surface area contributed by atoms with E-state index in [1.165, 1.54) is 6.92 Å². The predicted octanol–water partition coefficient (Wildman–Crippen LogP) is 0.535. The van der Waals surface area contributed by atoms with Crippen LogP contribution in [0.4, 0.5) is 0 Å². The minimum atomic E-state index is -0.970. The molecular weight excluding hydrogens is 198 g/mol. The second-order valence-corrected chi connectivity index (χ2v) is 3.83. The van der Waals surface area contributed by atoms with E-state index < -0.39 is 5.97 Å². The Morgan fingerprint density at radius 3 is 2.67 bits per heavy atom. The molecule has 0 unspecified atom stereocenters. The van der Waals surface area contributed by atoms with E-state index in [0.717, 1.165) is 25.7 Å². The van der Waals surface area contributed by atoms with Gasteiger partial charge in [0.1, 0.15) is 6.61 Å². The fourth-order valence-electron chi connectivity index (χ4n) is 1.90. The Labute approximate surface area is 88.8 Å². The van der Waals surface area contributed by atoms with Gasteiger partial charge in [0.25, 0.3) is 0 Å². The Kier molecular flexibility index (Phi) is 4.55. The fourth-order valence-corrected chi connectivity index (χ4v) is 1.90. The van der Waals surface area contributed by atoms with E-state index >= 15 is 0 Å². The van der Waals surface area contributed by atoms with Crippen molar-refractivity contribution >= 4 is 11.9 Å². The summed E-state index contributed by atoms with van der Waals surface area (Å²) in [5.41, 5.74) is 0. The molecule has 0 aromatic carbocycles. The Balaban J connectivity index is 2.42. The maximum atomic E-state index is 10.9. The lowest BCUT2D eigenvalue weighted by Crippen LogP contribution is -2.46. The van der Waals surface area contributed by atoms with Gasteiger partial charge >= 0.3 is 5.97 Å². The summed E-state index contributed by atoms with van der Waals surface area (Å²) in [4.78, 5) is 21.3. The first kappa shape index (κ1) is 12.0. The van der Waals surface area contributed by atoms with Crippen molar-refractivity contribution in [1.82, 2.24) is 5.32 Å². The van der Waals surface area contributed by atoms with Gasteiger partial charge in [-0.05, 0) is 12.8 Å². The summed E-state index contributed by atoms with van der Waals surface area (Å²) in [7, 11) is 0. The summed E-state index contributed by atoms with van der Waals surface area (Å²) < 4.78 is 5.24. The standard InChI is InChI=1S/C10H17NO4/c1-7(12)11-8-4-2-3-5-9(8)15-6-10(13)14/h8-9H,2-6H2,1H3,(H,11,12)(H,13,14)/t8-,9-/m0/s1. The number of carboxylic acids is 1. The van der Waals surface area contributed by atoms with Crippen LogP contribution in [0, 0.1) is 0 Å². The monoisotopic (exact) mass is 215 g/mol. The van der Waals surface area contributed by atoms with Crippen molar-refractivity contribution in [3.63, 3.8) is 0 Å². The Morgan fingerprint density at radius 2 is 2.07 bits per heavy atom. The van der Waals surface area contributed by atoms with Crippen LogP contribution in [0.15, 0.2) is 0 Å². The number of carbonyl (C=O) groups excluding carboxylic acids is 1. The zero-order valence-corrected chi connectivity index (χ0v) is 8.86. The SMILES string of the molecule is CC(=O)N[C@H]1CCCC[C@@H]1OCC(=O)O. The van der Waals surface area contributed by atoms with Gasteiger partial charge in [0.05, 0.1) is 12.1 Å². The molecule has 15 heavy (non-hydrogen) atoms. The molecule has 0 spiro atoms. The molecule has 1 saturated carbocycles. The number of hydrogen-bond donors (Lipinski definition) is 2. The van der Waals surface area contributed by atoms with E-state index in [1.807, 2.05) is 0 Å². The lowest BCUT2D eigenvalue weighted by molar-refractivity contribution is -0.145. The lowest BCUT2D eigenvalue weighted by Gasteiger charge is -2.31. The molecule has 0 bridgehead atoms. The van der Waals surface area contributed by atoms with Crippen molar-refractivity contribution in [2.75, 3.05) is 6.61 Å². The van der Waals surface area contributed by atoms with E-state index in [2.05, 4.69) is 5.32 Å². The number of nitrogens with one attached hydrogen (secondary N) is 1. The van der Waals surface area contributed by atoms with Gasteiger partial charge in [-0.25, -0.2) is 4.79 Å². The molecule has 2 atom stereocenters. The van der Waals surface area contributed by atoms with Crippen molar-refractivity contribution in [3.05, 3.63) is 0 Å². The highest BCUT2D eigenvalue weighted by atomic mass is 16.5. The number of hydrogen-bond acceptors (Lipinski definition) is 3. The third-order valence-corrected chi connectivity index (χ3v) is 2.51. The van der Waals surface area contributed by atoms with Gasteiger partial charge in [-0.15, -0.1) is 0 Å². The van der Waals surface area contributed by atoms with Crippen LogP contribution >= 0.6 is 0 Å². The molecule has 0 aromatic heterocycles. The molecule has 1 aliphatic rings. The molecule has 0 saturated heterocycles. The van der Waals surface area contributed by atoms with Gasteiger partial charge in [-0.3, -0.25) is 4.79 Å². The highest BCUT2D eigenvalue weighted by Crippen LogP contribution is 2.21. The third-order valence-electron chi connectivity index (χ3n) is 2.51. The molecule has 0 aliphatic heterocycles. The summed E-state index contributed by atoms with van der Waals surface area (Å²) in [6, 6.07) is -0.0319. The molecule has 0 heterocycles. The molecule has 1 aliphatic carbocycles. The van der Waals surface area contributed by atoms with Crippen molar-refractivity contribution in [1.29, 1.82) is 0 Å². The number of amides is 1. The summed E-state index contributed by atoms with van der Waals surface area (Å²) >= 11 is 0. The smallest absolute Gasteiger partial charge is 0.329 e. The average molecular weight is 215 g/mol. The third kappa shape index (κ3) is 4.29. The van der Waals surface area contributed by atoms with E-state index in [1.54, 1.807) is 0 Å².